The van der Waals surface area contributed by atoms with Gasteiger partial charge in [0.25, 0.3) is 5.91 Å². The number of aliphatic carboxylic acids is 1. The lowest BCUT2D eigenvalue weighted by Gasteiger charge is -2.07. The van der Waals surface area contributed by atoms with Gasteiger partial charge in [0.1, 0.15) is 12.3 Å². The maximum absolute atomic E-state index is 13.6. The number of ether oxygens (including phenoxy) is 1. The third kappa shape index (κ3) is 3.55. The Morgan fingerprint density at radius 2 is 2.15 bits per heavy atom. The van der Waals surface area contributed by atoms with Crippen LogP contribution in [0, 0.1) is 5.82 Å². The Morgan fingerprint density at radius 1 is 1.35 bits per heavy atom. The quantitative estimate of drug-likeness (QED) is 0.888. The van der Waals surface area contributed by atoms with Crippen LogP contribution >= 0.6 is 11.3 Å². The number of hydrogen-bond acceptors (Lipinski definition) is 4. The number of carboxylic acids is 1. The van der Waals surface area contributed by atoms with Crippen molar-refractivity contribution in [2.45, 2.75) is 0 Å². The molecule has 0 aliphatic heterocycles. The number of carboxylic acid groups (broad SMARTS) is 1. The van der Waals surface area contributed by atoms with Gasteiger partial charge in [0.2, 0.25) is 0 Å². The zero-order valence-electron chi connectivity index (χ0n) is 10.1. The predicted molar refractivity (Wildman–Crippen MR) is 70.8 cm³/mol. The van der Waals surface area contributed by atoms with Crippen LogP contribution in [0.15, 0.2) is 35.0 Å². The van der Waals surface area contributed by atoms with Gasteiger partial charge in [-0.2, -0.15) is 0 Å². The summed E-state index contributed by atoms with van der Waals surface area (Å²) in [6, 6.07) is 5.25. The molecule has 0 unspecified atom stereocenters. The summed E-state index contributed by atoms with van der Waals surface area (Å²) in [7, 11) is 0. The van der Waals surface area contributed by atoms with Crippen LogP contribution in [0.5, 0.6) is 11.5 Å². The first-order valence-corrected chi connectivity index (χ1v) is 6.50. The minimum atomic E-state index is -1.16. The minimum Gasteiger partial charge on any atom is -0.480 e. The molecule has 7 heteroatoms. The monoisotopic (exact) mass is 295 g/mol. The number of thiophene rings is 1. The largest absolute Gasteiger partial charge is 0.480 e. The summed E-state index contributed by atoms with van der Waals surface area (Å²) in [6.45, 7) is -0.503. The van der Waals surface area contributed by atoms with Crippen molar-refractivity contribution < 1.29 is 23.8 Å². The molecule has 1 amide bonds. The van der Waals surface area contributed by atoms with Gasteiger partial charge in [-0.1, -0.05) is 0 Å². The molecular weight excluding hydrogens is 285 g/mol. The molecule has 0 bridgehead atoms. The molecule has 104 valence electrons. The lowest BCUT2D eigenvalue weighted by molar-refractivity contribution is -0.135. The van der Waals surface area contributed by atoms with Crippen LogP contribution in [0.3, 0.4) is 0 Å². The van der Waals surface area contributed by atoms with E-state index in [1.807, 2.05) is 0 Å². The molecule has 5 nitrogen and oxygen atoms in total. The minimum absolute atomic E-state index is 0.0913. The molecule has 0 saturated carbocycles. The van der Waals surface area contributed by atoms with Crippen LogP contribution in [0.1, 0.15) is 10.4 Å². The Balaban J connectivity index is 2.15. The SMILES string of the molecule is O=C(O)CNC(=O)c1ccc(F)c(Oc2ccsc2)c1. The summed E-state index contributed by atoms with van der Waals surface area (Å²) in [5.74, 6) is -1.99. The average molecular weight is 295 g/mol. The van der Waals surface area contributed by atoms with E-state index < -0.39 is 24.2 Å². The second-order valence-corrected chi connectivity index (χ2v) is 4.56. The van der Waals surface area contributed by atoms with Crippen molar-refractivity contribution in [1.82, 2.24) is 5.32 Å². The number of carbonyl (C=O) groups excluding carboxylic acids is 1. The van der Waals surface area contributed by atoms with E-state index in [2.05, 4.69) is 5.32 Å². The van der Waals surface area contributed by atoms with E-state index in [9.17, 15) is 14.0 Å². The van der Waals surface area contributed by atoms with Crippen molar-refractivity contribution in [1.29, 1.82) is 0 Å². The first-order valence-electron chi connectivity index (χ1n) is 5.56. The van der Waals surface area contributed by atoms with E-state index in [0.717, 1.165) is 6.07 Å². The standard InChI is InChI=1S/C13H10FNO4S/c14-10-2-1-8(13(18)15-6-12(16)17)5-11(10)19-9-3-4-20-7-9/h1-5,7H,6H2,(H,15,18)(H,16,17). The summed E-state index contributed by atoms with van der Waals surface area (Å²) < 4.78 is 18.9. The molecule has 0 aliphatic rings. The Hall–Kier alpha value is -2.41. The molecule has 0 aliphatic carbocycles. The van der Waals surface area contributed by atoms with Crippen LogP contribution in [0.25, 0.3) is 0 Å². The Labute approximate surface area is 117 Å². The van der Waals surface area contributed by atoms with Crippen LogP contribution < -0.4 is 10.1 Å². The molecular formula is C13H10FNO4S. The second-order valence-electron chi connectivity index (χ2n) is 3.78. The summed E-state index contributed by atoms with van der Waals surface area (Å²) >= 11 is 1.39. The molecule has 0 fully saturated rings. The number of nitrogens with one attached hydrogen (secondary N) is 1. The first kappa shape index (κ1) is 14.0. The molecule has 1 heterocycles. The fourth-order valence-electron chi connectivity index (χ4n) is 1.42. The van der Waals surface area contributed by atoms with Crippen LogP contribution in [-0.4, -0.2) is 23.5 Å². The van der Waals surface area contributed by atoms with E-state index in [1.165, 1.54) is 23.5 Å². The molecule has 0 atom stereocenters. The third-order valence-electron chi connectivity index (χ3n) is 2.32. The van der Waals surface area contributed by atoms with Crippen molar-refractivity contribution in [2.24, 2.45) is 0 Å². The van der Waals surface area contributed by atoms with Gasteiger partial charge in [-0.25, -0.2) is 4.39 Å². The fraction of sp³-hybridized carbons (Fsp3) is 0.0769. The molecule has 0 saturated heterocycles. The molecule has 2 aromatic rings. The lowest BCUT2D eigenvalue weighted by Crippen LogP contribution is -2.29. The fourth-order valence-corrected chi connectivity index (χ4v) is 1.97. The van der Waals surface area contributed by atoms with E-state index >= 15 is 0 Å². The van der Waals surface area contributed by atoms with Crippen molar-refractivity contribution >= 4 is 23.2 Å². The highest BCUT2D eigenvalue weighted by Gasteiger charge is 2.12. The van der Waals surface area contributed by atoms with Crippen molar-refractivity contribution in [3.63, 3.8) is 0 Å². The Kier molecular flexibility index (Phi) is 4.31. The third-order valence-corrected chi connectivity index (χ3v) is 2.98. The number of carbonyl (C=O) groups is 2. The summed E-state index contributed by atoms with van der Waals surface area (Å²) in [6.07, 6.45) is 0. The molecule has 2 N–H and O–H groups in total. The highest BCUT2D eigenvalue weighted by Crippen LogP contribution is 2.27. The van der Waals surface area contributed by atoms with Gasteiger partial charge < -0.3 is 15.2 Å². The molecule has 1 aromatic heterocycles. The number of halogens is 1. The topological polar surface area (TPSA) is 75.6 Å². The summed E-state index contributed by atoms with van der Waals surface area (Å²) in [5.41, 5.74) is 0.123. The van der Waals surface area contributed by atoms with Gasteiger partial charge in [-0.15, -0.1) is 11.3 Å². The average Bonchev–Trinajstić information content (AvgIpc) is 2.91. The van der Waals surface area contributed by atoms with E-state index in [-0.39, 0.29) is 11.3 Å². The summed E-state index contributed by atoms with van der Waals surface area (Å²) in [5, 5.41) is 14.1. The zero-order valence-corrected chi connectivity index (χ0v) is 10.9. The summed E-state index contributed by atoms with van der Waals surface area (Å²) in [4.78, 5) is 22.0. The molecule has 0 radical (unpaired) electrons. The number of hydrogen-bond donors (Lipinski definition) is 2. The second kappa shape index (κ2) is 6.16. The van der Waals surface area contributed by atoms with Gasteiger partial charge >= 0.3 is 5.97 Å². The maximum Gasteiger partial charge on any atom is 0.322 e. The van der Waals surface area contributed by atoms with Gasteiger partial charge in [-0.05, 0) is 29.6 Å². The highest BCUT2D eigenvalue weighted by atomic mass is 32.1. The van der Waals surface area contributed by atoms with Crippen molar-refractivity contribution in [3.8, 4) is 11.5 Å². The zero-order chi connectivity index (χ0) is 14.5. The van der Waals surface area contributed by atoms with Crippen molar-refractivity contribution in [3.05, 3.63) is 46.4 Å². The lowest BCUT2D eigenvalue weighted by atomic mass is 10.2. The molecule has 20 heavy (non-hydrogen) atoms. The smallest absolute Gasteiger partial charge is 0.322 e. The first-order chi connectivity index (χ1) is 9.56. The Morgan fingerprint density at radius 3 is 2.80 bits per heavy atom. The van der Waals surface area contributed by atoms with Gasteiger partial charge in [0.15, 0.2) is 11.6 Å². The van der Waals surface area contributed by atoms with Gasteiger partial charge in [0.05, 0.1) is 0 Å². The van der Waals surface area contributed by atoms with Crippen LogP contribution in [0.2, 0.25) is 0 Å². The van der Waals surface area contributed by atoms with E-state index in [4.69, 9.17) is 9.84 Å². The maximum atomic E-state index is 13.6. The number of rotatable bonds is 5. The Bertz CT molecular complexity index is 627. The normalized spacial score (nSPS) is 10.1. The number of benzene rings is 1. The predicted octanol–water partition coefficient (Wildman–Crippen LogP) is 2.49. The highest BCUT2D eigenvalue weighted by molar-refractivity contribution is 7.08. The molecule has 2 rings (SSSR count). The van der Waals surface area contributed by atoms with E-state index in [0.29, 0.717) is 5.75 Å². The van der Waals surface area contributed by atoms with Crippen LogP contribution in [-0.2, 0) is 4.79 Å². The van der Waals surface area contributed by atoms with Gasteiger partial charge in [-0.3, -0.25) is 9.59 Å². The van der Waals surface area contributed by atoms with Crippen molar-refractivity contribution in [2.75, 3.05) is 6.54 Å². The van der Waals surface area contributed by atoms with Gasteiger partial charge in [0, 0.05) is 10.9 Å². The molecule has 1 aromatic carbocycles. The molecule has 0 spiro atoms. The van der Waals surface area contributed by atoms with E-state index in [1.54, 1.807) is 16.8 Å². The number of amides is 1. The van der Waals surface area contributed by atoms with Crippen LogP contribution in [0.4, 0.5) is 4.39 Å².